The first-order chi connectivity index (χ1) is 16.2. The van der Waals surface area contributed by atoms with Crippen LogP contribution in [-0.2, 0) is 11.3 Å². The van der Waals surface area contributed by atoms with Gasteiger partial charge >= 0.3 is 0 Å². The molecule has 1 aromatic heterocycles. The molecule has 5 nitrogen and oxygen atoms in total. The van der Waals surface area contributed by atoms with Gasteiger partial charge in [-0.05, 0) is 55.2 Å². The number of nitrogens with zero attached hydrogens (tertiary/aromatic N) is 2. The summed E-state index contributed by atoms with van der Waals surface area (Å²) in [7, 11) is 0. The lowest BCUT2D eigenvalue weighted by molar-refractivity contribution is -0.123. The summed E-state index contributed by atoms with van der Waals surface area (Å²) >= 11 is 0. The summed E-state index contributed by atoms with van der Waals surface area (Å²) in [5.41, 5.74) is 4.21. The second-order valence-corrected chi connectivity index (χ2v) is 9.02. The number of nitrogens with one attached hydrogen (secondary N) is 1. The molecular formula is C28H28FN3O2. The third kappa shape index (κ3) is 4.76. The minimum atomic E-state index is -0.333. The van der Waals surface area contributed by atoms with Gasteiger partial charge in [0, 0.05) is 10.9 Å². The SMILES string of the molecule is Cc1ccc(C)c(-c2nn(CC(=O)NC(c3ccc(F)cc3)C(C)C)c(=O)c3ccccc23)c1. The molecule has 4 rings (SSSR count). The Morgan fingerprint density at radius 1 is 1.00 bits per heavy atom. The molecule has 174 valence electrons. The molecule has 4 aromatic rings. The van der Waals surface area contributed by atoms with Crippen LogP contribution in [0.15, 0.2) is 71.5 Å². The number of aryl methyl sites for hydroxylation is 2. The molecule has 0 spiro atoms. The Kier molecular flexibility index (Phi) is 6.59. The molecule has 3 aromatic carbocycles. The molecule has 0 radical (unpaired) electrons. The molecule has 0 saturated heterocycles. The fourth-order valence-electron chi connectivity index (χ4n) is 4.19. The van der Waals surface area contributed by atoms with Crippen molar-refractivity contribution in [1.29, 1.82) is 0 Å². The fraction of sp³-hybridized carbons (Fsp3) is 0.250. The van der Waals surface area contributed by atoms with Crippen molar-refractivity contribution in [3.8, 4) is 11.3 Å². The zero-order valence-corrected chi connectivity index (χ0v) is 19.8. The lowest BCUT2D eigenvalue weighted by Crippen LogP contribution is -2.37. The van der Waals surface area contributed by atoms with E-state index in [9.17, 15) is 14.0 Å². The zero-order valence-electron chi connectivity index (χ0n) is 19.8. The van der Waals surface area contributed by atoms with Crippen molar-refractivity contribution >= 4 is 16.7 Å². The van der Waals surface area contributed by atoms with Gasteiger partial charge in [0.15, 0.2) is 0 Å². The van der Waals surface area contributed by atoms with Crippen molar-refractivity contribution in [2.45, 2.75) is 40.3 Å². The summed E-state index contributed by atoms with van der Waals surface area (Å²) in [5.74, 6) is -0.593. The average Bonchev–Trinajstić information content (AvgIpc) is 2.81. The van der Waals surface area contributed by atoms with Crippen LogP contribution < -0.4 is 10.9 Å². The monoisotopic (exact) mass is 457 g/mol. The van der Waals surface area contributed by atoms with E-state index in [1.54, 1.807) is 18.2 Å². The number of hydrogen-bond acceptors (Lipinski definition) is 3. The van der Waals surface area contributed by atoms with Gasteiger partial charge in [-0.2, -0.15) is 5.10 Å². The van der Waals surface area contributed by atoms with E-state index in [1.807, 2.05) is 64.1 Å². The lowest BCUT2D eigenvalue weighted by atomic mass is 9.96. The van der Waals surface area contributed by atoms with E-state index >= 15 is 0 Å². The molecule has 0 aliphatic rings. The number of benzene rings is 3. The van der Waals surface area contributed by atoms with E-state index in [2.05, 4.69) is 10.4 Å². The first-order valence-corrected chi connectivity index (χ1v) is 11.4. The standard InChI is InChI=1S/C28H28FN3O2/c1-17(2)26(20-11-13-21(29)14-12-20)30-25(33)16-32-28(34)23-8-6-5-7-22(23)27(31-32)24-15-18(3)9-10-19(24)4/h5-15,17,26H,16H2,1-4H3,(H,30,33). The van der Waals surface area contributed by atoms with Gasteiger partial charge < -0.3 is 5.32 Å². The Labute approximate surface area is 198 Å². The van der Waals surface area contributed by atoms with Gasteiger partial charge in [-0.3, -0.25) is 9.59 Å². The molecular weight excluding hydrogens is 429 g/mol. The smallest absolute Gasteiger partial charge is 0.275 e. The fourth-order valence-corrected chi connectivity index (χ4v) is 4.19. The normalized spacial score (nSPS) is 12.2. The van der Waals surface area contributed by atoms with Crippen LogP contribution in [0.4, 0.5) is 4.39 Å². The Morgan fingerprint density at radius 3 is 2.35 bits per heavy atom. The van der Waals surface area contributed by atoms with Gasteiger partial charge in [0.2, 0.25) is 5.91 Å². The molecule has 1 amide bonds. The van der Waals surface area contributed by atoms with Gasteiger partial charge in [0.25, 0.3) is 5.56 Å². The van der Waals surface area contributed by atoms with Crippen LogP contribution in [0.25, 0.3) is 22.0 Å². The van der Waals surface area contributed by atoms with Crippen LogP contribution in [0.5, 0.6) is 0 Å². The zero-order chi connectivity index (χ0) is 24.4. The summed E-state index contributed by atoms with van der Waals surface area (Å²) in [4.78, 5) is 26.2. The topological polar surface area (TPSA) is 64.0 Å². The minimum Gasteiger partial charge on any atom is -0.347 e. The molecule has 0 bridgehead atoms. The Morgan fingerprint density at radius 2 is 1.68 bits per heavy atom. The van der Waals surface area contributed by atoms with Crippen LogP contribution in [-0.4, -0.2) is 15.7 Å². The molecule has 0 aliphatic heterocycles. The van der Waals surface area contributed by atoms with Gasteiger partial charge in [-0.15, -0.1) is 0 Å². The van der Waals surface area contributed by atoms with E-state index in [0.29, 0.717) is 11.1 Å². The number of fused-ring (bicyclic) bond motifs is 1. The predicted octanol–water partition coefficient (Wildman–Crippen LogP) is 5.33. The van der Waals surface area contributed by atoms with Crippen molar-refractivity contribution in [1.82, 2.24) is 15.1 Å². The van der Waals surface area contributed by atoms with Crippen molar-refractivity contribution in [3.05, 3.63) is 99.6 Å². The summed E-state index contributed by atoms with van der Waals surface area (Å²) in [6.07, 6.45) is 0. The van der Waals surface area contributed by atoms with Crippen LogP contribution in [0.1, 0.15) is 36.6 Å². The molecule has 34 heavy (non-hydrogen) atoms. The summed E-state index contributed by atoms with van der Waals surface area (Å²) in [6, 6.07) is 19.2. The minimum absolute atomic E-state index is 0.0706. The highest BCUT2D eigenvalue weighted by Crippen LogP contribution is 2.28. The van der Waals surface area contributed by atoms with Gasteiger partial charge in [0.1, 0.15) is 12.4 Å². The summed E-state index contributed by atoms with van der Waals surface area (Å²) < 4.78 is 14.6. The quantitative estimate of drug-likeness (QED) is 0.425. The molecule has 0 aliphatic carbocycles. The van der Waals surface area contributed by atoms with E-state index < -0.39 is 0 Å². The van der Waals surface area contributed by atoms with Crippen molar-refractivity contribution < 1.29 is 9.18 Å². The maximum Gasteiger partial charge on any atom is 0.275 e. The predicted molar refractivity (Wildman–Crippen MR) is 133 cm³/mol. The number of rotatable bonds is 6. The molecule has 1 atom stereocenters. The van der Waals surface area contributed by atoms with Crippen LogP contribution in [0, 0.1) is 25.6 Å². The Hall–Kier alpha value is -3.80. The van der Waals surface area contributed by atoms with E-state index in [-0.39, 0.29) is 35.8 Å². The number of carbonyl (C=O) groups excluding carboxylic acids is 1. The highest BCUT2D eigenvalue weighted by molar-refractivity contribution is 5.94. The molecule has 6 heteroatoms. The highest BCUT2D eigenvalue weighted by Gasteiger charge is 2.20. The first-order valence-electron chi connectivity index (χ1n) is 11.4. The van der Waals surface area contributed by atoms with Crippen molar-refractivity contribution in [2.75, 3.05) is 0 Å². The second-order valence-electron chi connectivity index (χ2n) is 9.02. The largest absolute Gasteiger partial charge is 0.347 e. The van der Waals surface area contributed by atoms with Crippen LogP contribution in [0.3, 0.4) is 0 Å². The third-order valence-corrected chi connectivity index (χ3v) is 6.02. The van der Waals surface area contributed by atoms with E-state index in [1.165, 1.54) is 16.8 Å². The average molecular weight is 458 g/mol. The number of carbonyl (C=O) groups is 1. The Bertz CT molecular complexity index is 1410. The number of hydrogen-bond donors (Lipinski definition) is 1. The second kappa shape index (κ2) is 9.59. The summed E-state index contributed by atoms with van der Waals surface area (Å²) in [6.45, 7) is 7.76. The number of aromatic nitrogens is 2. The first kappa shape index (κ1) is 23.4. The van der Waals surface area contributed by atoms with E-state index in [4.69, 9.17) is 0 Å². The Balaban J connectivity index is 1.72. The van der Waals surface area contributed by atoms with Gasteiger partial charge in [-0.25, -0.2) is 9.07 Å². The van der Waals surface area contributed by atoms with Crippen molar-refractivity contribution in [3.63, 3.8) is 0 Å². The lowest BCUT2D eigenvalue weighted by Gasteiger charge is -2.23. The number of amides is 1. The maximum atomic E-state index is 13.4. The molecule has 0 fully saturated rings. The van der Waals surface area contributed by atoms with Crippen LogP contribution >= 0.6 is 0 Å². The third-order valence-electron chi connectivity index (χ3n) is 6.02. The molecule has 1 unspecified atom stereocenters. The molecule has 1 N–H and O–H groups in total. The molecule has 1 heterocycles. The highest BCUT2D eigenvalue weighted by atomic mass is 19.1. The number of halogens is 1. The molecule has 0 saturated carbocycles. The van der Waals surface area contributed by atoms with Crippen LogP contribution in [0.2, 0.25) is 0 Å². The van der Waals surface area contributed by atoms with Crippen molar-refractivity contribution in [2.24, 2.45) is 5.92 Å². The van der Waals surface area contributed by atoms with Gasteiger partial charge in [-0.1, -0.05) is 61.9 Å². The van der Waals surface area contributed by atoms with E-state index in [0.717, 1.165) is 27.6 Å². The summed E-state index contributed by atoms with van der Waals surface area (Å²) in [5, 5.41) is 8.91. The maximum absolute atomic E-state index is 13.4. The van der Waals surface area contributed by atoms with Gasteiger partial charge in [0.05, 0.1) is 17.1 Å².